The van der Waals surface area contributed by atoms with E-state index in [9.17, 15) is 4.79 Å². The number of urea groups is 1. The number of ether oxygens (including phenoxy) is 1. The molecule has 1 unspecified atom stereocenters. The van der Waals surface area contributed by atoms with Crippen molar-refractivity contribution in [3.8, 4) is 5.75 Å². The van der Waals surface area contributed by atoms with Gasteiger partial charge in [-0.05, 0) is 42.2 Å². The van der Waals surface area contributed by atoms with Gasteiger partial charge in [-0.25, -0.2) is 4.79 Å². The van der Waals surface area contributed by atoms with Gasteiger partial charge in [0.2, 0.25) is 0 Å². The maximum atomic E-state index is 12.4. The first-order valence-corrected chi connectivity index (χ1v) is 8.27. The minimum Gasteiger partial charge on any atom is -0.497 e. The molecule has 0 aromatic heterocycles. The van der Waals surface area contributed by atoms with Crippen molar-refractivity contribution in [2.24, 2.45) is 0 Å². The predicted molar refractivity (Wildman–Crippen MR) is 97.2 cm³/mol. The van der Waals surface area contributed by atoms with Crippen molar-refractivity contribution in [2.45, 2.75) is 32.9 Å². The summed E-state index contributed by atoms with van der Waals surface area (Å²) in [5, 5.41) is 3.04. The molecular weight excluding hydrogens is 300 g/mol. The Morgan fingerprint density at radius 1 is 1.17 bits per heavy atom. The van der Waals surface area contributed by atoms with Gasteiger partial charge in [-0.2, -0.15) is 0 Å². The summed E-state index contributed by atoms with van der Waals surface area (Å²) < 4.78 is 5.22. The molecule has 1 N–H and O–H groups in total. The molecule has 0 aliphatic heterocycles. The van der Waals surface area contributed by atoms with Crippen LogP contribution in [0.5, 0.6) is 5.75 Å². The fourth-order valence-electron chi connectivity index (χ4n) is 2.54. The highest BCUT2D eigenvalue weighted by molar-refractivity contribution is 5.74. The molecule has 2 amide bonds. The van der Waals surface area contributed by atoms with E-state index in [-0.39, 0.29) is 12.1 Å². The lowest BCUT2D eigenvalue weighted by atomic mass is 10.1. The fraction of sp³-hybridized carbons (Fsp3) is 0.350. The summed E-state index contributed by atoms with van der Waals surface area (Å²) in [6.07, 6.45) is 1.02. The van der Waals surface area contributed by atoms with E-state index in [0.717, 1.165) is 23.3 Å². The second-order valence-electron chi connectivity index (χ2n) is 5.97. The number of carbonyl (C=O) groups excluding carboxylic acids is 1. The van der Waals surface area contributed by atoms with Crippen molar-refractivity contribution in [3.05, 3.63) is 65.2 Å². The van der Waals surface area contributed by atoms with Crippen LogP contribution in [-0.4, -0.2) is 25.1 Å². The molecule has 4 heteroatoms. The summed E-state index contributed by atoms with van der Waals surface area (Å²) in [6.45, 7) is 4.66. The number of hydrogen-bond donors (Lipinski definition) is 1. The molecule has 128 valence electrons. The Labute approximate surface area is 144 Å². The third-order valence-electron chi connectivity index (χ3n) is 4.13. The largest absolute Gasteiger partial charge is 0.497 e. The Balaban J connectivity index is 1.94. The lowest BCUT2D eigenvalue weighted by Gasteiger charge is -2.22. The van der Waals surface area contributed by atoms with Crippen LogP contribution in [-0.2, 0) is 13.0 Å². The zero-order chi connectivity index (χ0) is 17.5. The number of hydrogen-bond acceptors (Lipinski definition) is 2. The van der Waals surface area contributed by atoms with Crippen molar-refractivity contribution in [2.75, 3.05) is 14.2 Å². The summed E-state index contributed by atoms with van der Waals surface area (Å²) in [7, 11) is 3.43. The van der Waals surface area contributed by atoms with Gasteiger partial charge in [0, 0.05) is 13.6 Å². The Morgan fingerprint density at radius 3 is 2.50 bits per heavy atom. The first kappa shape index (κ1) is 17.9. The molecule has 2 rings (SSSR count). The van der Waals surface area contributed by atoms with Crippen LogP contribution in [0.4, 0.5) is 4.79 Å². The Bertz CT molecular complexity index is 668. The topological polar surface area (TPSA) is 41.6 Å². The Hall–Kier alpha value is -2.49. The molecule has 0 fully saturated rings. The van der Waals surface area contributed by atoms with Crippen LogP contribution in [0.1, 0.15) is 36.6 Å². The van der Waals surface area contributed by atoms with E-state index >= 15 is 0 Å². The number of methoxy groups -OCH3 is 1. The van der Waals surface area contributed by atoms with Gasteiger partial charge in [-0.15, -0.1) is 0 Å². The van der Waals surface area contributed by atoms with Gasteiger partial charge in [-0.1, -0.05) is 43.3 Å². The van der Waals surface area contributed by atoms with Gasteiger partial charge in [0.05, 0.1) is 13.2 Å². The highest BCUT2D eigenvalue weighted by Crippen LogP contribution is 2.16. The van der Waals surface area contributed by atoms with Crippen molar-refractivity contribution < 1.29 is 9.53 Å². The smallest absolute Gasteiger partial charge is 0.317 e. The second-order valence-corrected chi connectivity index (χ2v) is 5.97. The summed E-state index contributed by atoms with van der Waals surface area (Å²) in [6, 6.07) is 16.0. The minimum atomic E-state index is -0.0927. The SMILES string of the molecule is CCc1ccc(C(C)NC(=O)N(C)Cc2cccc(OC)c2)cc1. The zero-order valence-electron chi connectivity index (χ0n) is 14.9. The van der Waals surface area contributed by atoms with E-state index in [1.807, 2.05) is 31.2 Å². The lowest BCUT2D eigenvalue weighted by Crippen LogP contribution is -2.38. The van der Waals surface area contributed by atoms with Crippen molar-refractivity contribution in [1.29, 1.82) is 0 Å². The van der Waals surface area contributed by atoms with Crippen LogP contribution in [0.25, 0.3) is 0 Å². The first-order valence-electron chi connectivity index (χ1n) is 8.27. The number of aryl methyl sites for hydroxylation is 1. The van der Waals surface area contributed by atoms with E-state index in [0.29, 0.717) is 6.54 Å². The molecule has 4 nitrogen and oxygen atoms in total. The molecule has 2 aromatic carbocycles. The van der Waals surface area contributed by atoms with Gasteiger partial charge in [-0.3, -0.25) is 0 Å². The van der Waals surface area contributed by atoms with Gasteiger partial charge in [0.25, 0.3) is 0 Å². The van der Waals surface area contributed by atoms with Crippen LogP contribution >= 0.6 is 0 Å². The van der Waals surface area contributed by atoms with E-state index < -0.39 is 0 Å². The normalized spacial score (nSPS) is 11.7. The molecular formula is C20H26N2O2. The highest BCUT2D eigenvalue weighted by atomic mass is 16.5. The third-order valence-corrected chi connectivity index (χ3v) is 4.13. The van der Waals surface area contributed by atoms with E-state index in [1.54, 1.807) is 19.1 Å². The number of nitrogens with zero attached hydrogens (tertiary/aromatic N) is 1. The standard InChI is InChI=1S/C20H26N2O2/c1-5-16-9-11-18(12-10-16)15(2)21-20(23)22(3)14-17-7-6-8-19(13-17)24-4/h6-13,15H,5,14H2,1-4H3,(H,21,23). The summed E-state index contributed by atoms with van der Waals surface area (Å²) in [5.41, 5.74) is 3.44. The Kier molecular flexibility index (Phi) is 6.24. The number of benzene rings is 2. The average molecular weight is 326 g/mol. The number of amides is 2. The maximum absolute atomic E-state index is 12.4. The summed E-state index contributed by atoms with van der Waals surface area (Å²) >= 11 is 0. The quantitative estimate of drug-likeness (QED) is 0.866. The highest BCUT2D eigenvalue weighted by Gasteiger charge is 2.14. The number of rotatable bonds is 6. The molecule has 24 heavy (non-hydrogen) atoms. The van der Waals surface area contributed by atoms with E-state index in [4.69, 9.17) is 4.74 Å². The van der Waals surface area contributed by atoms with Crippen LogP contribution in [0.3, 0.4) is 0 Å². The lowest BCUT2D eigenvalue weighted by molar-refractivity contribution is 0.203. The molecule has 0 spiro atoms. The molecule has 0 saturated carbocycles. The number of nitrogens with one attached hydrogen (secondary N) is 1. The average Bonchev–Trinajstić information content (AvgIpc) is 2.61. The number of carbonyl (C=O) groups is 1. The molecule has 1 atom stereocenters. The predicted octanol–water partition coefficient (Wildman–Crippen LogP) is 4.16. The minimum absolute atomic E-state index is 0.0313. The molecule has 0 heterocycles. The van der Waals surface area contributed by atoms with E-state index in [1.165, 1.54) is 5.56 Å². The van der Waals surface area contributed by atoms with Gasteiger partial charge < -0.3 is 15.0 Å². The van der Waals surface area contributed by atoms with Gasteiger partial charge in [0.15, 0.2) is 0 Å². The maximum Gasteiger partial charge on any atom is 0.317 e. The monoisotopic (exact) mass is 326 g/mol. The zero-order valence-corrected chi connectivity index (χ0v) is 14.9. The summed E-state index contributed by atoms with van der Waals surface area (Å²) in [5.74, 6) is 0.797. The molecule has 0 saturated heterocycles. The molecule has 0 radical (unpaired) electrons. The van der Waals surface area contributed by atoms with Gasteiger partial charge >= 0.3 is 6.03 Å². The van der Waals surface area contributed by atoms with Crippen LogP contribution in [0.2, 0.25) is 0 Å². The molecule has 2 aromatic rings. The summed E-state index contributed by atoms with van der Waals surface area (Å²) in [4.78, 5) is 14.1. The third kappa shape index (κ3) is 4.75. The van der Waals surface area contributed by atoms with Gasteiger partial charge in [0.1, 0.15) is 5.75 Å². The van der Waals surface area contributed by atoms with Crippen LogP contribution < -0.4 is 10.1 Å². The van der Waals surface area contributed by atoms with E-state index in [2.05, 4.69) is 36.5 Å². The van der Waals surface area contributed by atoms with Crippen LogP contribution in [0, 0.1) is 0 Å². The molecule has 0 aliphatic rings. The van der Waals surface area contributed by atoms with Crippen molar-refractivity contribution >= 4 is 6.03 Å². The van der Waals surface area contributed by atoms with Crippen molar-refractivity contribution in [1.82, 2.24) is 10.2 Å². The van der Waals surface area contributed by atoms with Crippen molar-refractivity contribution in [3.63, 3.8) is 0 Å². The second kappa shape index (κ2) is 8.39. The van der Waals surface area contributed by atoms with Crippen LogP contribution in [0.15, 0.2) is 48.5 Å². The fourth-order valence-corrected chi connectivity index (χ4v) is 2.54. The first-order chi connectivity index (χ1) is 11.5. The molecule has 0 aliphatic carbocycles. The Morgan fingerprint density at radius 2 is 1.88 bits per heavy atom. The molecule has 0 bridgehead atoms.